The molecule has 0 aliphatic carbocycles. The molecule has 0 atom stereocenters. The lowest BCUT2D eigenvalue weighted by atomic mass is 10.4. The Morgan fingerprint density at radius 2 is 2.25 bits per heavy atom. The summed E-state index contributed by atoms with van der Waals surface area (Å²) in [5.74, 6) is 0. The molecule has 1 heterocycles. The standard InChI is InChI=1S/C5H3ClN2O3S/c6-3-2(1-9)12-5(7)4(3)8(10)11/h1H,7H2. The summed E-state index contributed by atoms with van der Waals surface area (Å²) >= 11 is 6.29. The van der Waals surface area contributed by atoms with E-state index in [0.29, 0.717) is 6.29 Å². The molecule has 12 heavy (non-hydrogen) atoms. The fourth-order valence-corrected chi connectivity index (χ4v) is 1.81. The van der Waals surface area contributed by atoms with Crippen molar-refractivity contribution in [2.45, 2.75) is 0 Å². The Morgan fingerprint density at radius 3 is 2.50 bits per heavy atom. The van der Waals surface area contributed by atoms with E-state index in [1.54, 1.807) is 0 Å². The summed E-state index contributed by atoms with van der Waals surface area (Å²) in [6.07, 6.45) is 0.441. The van der Waals surface area contributed by atoms with Crippen molar-refractivity contribution in [1.82, 2.24) is 0 Å². The molecule has 0 unspecified atom stereocenters. The highest BCUT2D eigenvalue weighted by Gasteiger charge is 2.23. The molecule has 1 aromatic rings. The van der Waals surface area contributed by atoms with Crippen LogP contribution in [0.15, 0.2) is 0 Å². The predicted molar refractivity (Wildman–Crippen MR) is 45.8 cm³/mol. The fraction of sp³-hybridized carbons (Fsp3) is 0. The van der Waals surface area contributed by atoms with Gasteiger partial charge in [-0.1, -0.05) is 11.6 Å². The number of nitrogen functional groups attached to an aromatic ring is 1. The Bertz CT molecular complexity index is 349. The lowest BCUT2D eigenvalue weighted by Crippen LogP contribution is -1.90. The molecule has 1 rings (SSSR count). The summed E-state index contributed by atoms with van der Waals surface area (Å²) in [5, 5.41) is 10.1. The van der Waals surface area contributed by atoms with Crippen LogP contribution in [-0.2, 0) is 0 Å². The van der Waals surface area contributed by atoms with Gasteiger partial charge in [-0.3, -0.25) is 14.9 Å². The first kappa shape index (κ1) is 8.95. The molecule has 0 spiro atoms. The minimum absolute atomic E-state index is 0.0490. The van der Waals surface area contributed by atoms with Gasteiger partial charge in [-0.2, -0.15) is 0 Å². The second-order valence-electron chi connectivity index (χ2n) is 1.87. The van der Waals surface area contributed by atoms with Crippen molar-refractivity contribution in [3.05, 3.63) is 20.0 Å². The fourth-order valence-electron chi connectivity index (χ4n) is 0.682. The Hall–Kier alpha value is -1.14. The average molecular weight is 207 g/mol. The Balaban J connectivity index is 3.37. The summed E-state index contributed by atoms with van der Waals surface area (Å²) in [5.41, 5.74) is 4.87. The summed E-state index contributed by atoms with van der Waals surface area (Å²) in [4.78, 5) is 19.9. The van der Waals surface area contributed by atoms with Crippen molar-refractivity contribution in [3.63, 3.8) is 0 Å². The Morgan fingerprint density at radius 1 is 1.67 bits per heavy atom. The third kappa shape index (κ3) is 1.26. The second kappa shape index (κ2) is 3.08. The molecule has 2 N–H and O–H groups in total. The first-order valence-electron chi connectivity index (χ1n) is 2.75. The van der Waals surface area contributed by atoms with Crippen LogP contribution in [0.1, 0.15) is 9.67 Å². The summed E-state index contributed by atoms with van der Waals surface area (Å²) < 4.78 is 0. The lowest BCUT2D eigenvalue weighted by molar-refractivity contribution is -0.383. The normalized spacial score (nSPS) is 9.75. The predicted octanol–water partition coefficient (Wildman–Crippen LogP) is 1.70. The molecule has 7 heteroatoms. The zero-order valence-corrected chi connectivity index (χ0v) is 7.19. The number of aldehydes is 1. The monoisotopic (exact) mass is 206 g/mol. The zero-order chi connectivity index (χ0) is 9.30. The molecule has 0 amide bonds. The van der Waals surface area contributed by atoms with Crippen molar-refractivity contribution in [3.8, 4) is 0 Å². The molecule has 0 aromatic carbocycles. The van der Waals surface area contributed by atoms with Crippen LogP contribution in [0, 0.1) is 10.1 Å². The Kier molecular flexibility index (Phi) is 2.30. The van der Waals surface area contributed by atoms with Crippen molar-refractivity contribution in [1.29, 1.82) is 0 Å². The number of rotatable bonds is 2. The highest BCUT2D eigenvalue weighted by Crippen LogP contribution is 2.39. The molecular formula is C5H3ClN2O3S. The number of nitrogens with two attached hydrogens (primary N) is 1. The van der Waals surface area contributed by atoms with E-state index in [9.17, 15) is 14.9 Å². The van der Waals surface area contributed by atoms with Crippen LogP contribution in [0.4, 0.5) is 10.7 Å². The number of thiophene rings is 1. The zero-order valence-electron chi connectivity index (χ0n) is 5.61. The highest BCUT2D eigenvalue weighted by atomic mass is 35.5. The van der Waals surface area contributed by atoms with Crippen LogP contribution < -0.4 is 5.73 Å². The van der Waals surface area contributed by atoms with Crippen molar-refractivity contribution in [2.24, 2.45) is 0 Å². The van der Waals surface area contributed by atoms with Gasteiger partial charge >= 0.3 is 5.69 Å². The number of hydrogen-bond donors (Lipinski definition) is 1. The van der Waals surface area contributed by atoms with Crippen LogP contribution in [0.3, 0.4) is 0 Å². The van der Waals surface area contributed by atoms with Gasteiger partial charge in [-0.15, -0.1) is 11.3 Å². The maximum Gasteiger partial charge on any atom is 0.322 e. The minimum atomic E-state index is -0.707. The maximum atomic E-state index is 10.3. The molecule has 0 saturated heterocycles. The number of carbonyl (C=O) groups excluding carboxylic acids is 1. The van der Waals surface area contributed by atoms with Crippen LogP contribution in [-0.4, -0.2) is 11.2 Å². The van der Waals surface area contributed by atoms with E-state index in [1.165, 1.54) is 0 Å². The van der Waals surface area contributed by atoms with E-state index in [0.717, 1.165) is 11.3 Å². The van der Waals surface area contributed by atoms with Crippen LogP contribution in [0.2, 0.25) is 5.02 Å². The molecule has 0 saturated carbocycles. The number of carbonyl (C=O) groups is 1. The van der Waals surface area contributed by atoms with Gasteiger partial charge in [0.1, 0.15) is 5.02 Å². The lowest BCUT2D eigenvalue weighted by Gasteiger charge is -1.87. The van der Waals surface area contributed by atoms with E-state index in [-0.39, 0.29) is 20.6 Å². The number of hydrogen-bond acceptors (Lipinski definition) is 5. The molecule has 0 bridgehead atoms. The first-order valence-corrected chi connectivity index (χ1v) is 3.94. The number of anilines is 1. The van der Waals surface area contributed by atoms with Gasteiger partial charge in [0.2, 0.25) is 0 Å². The minimum Gasteiger partial charge on any atom is -0.385 e. The van der Waals surface area contributed by atoms with Crippen LogP contribution >= 0.6 is 22.9 Å². The maximum absolute atomic E-state index is 10.3. The van der Waals surface area contributed by atoms with E-state index in [2.05, 4.69) is 0 Å². The van der Waals surface area contributed by atoms with Gasteiger partial charge in [0.25, 0.3) is 0 Å². The highest BCUT2D eigenvalue weighted by molar-refractivity contribution is 7.18. The Labute approximate surface area is 75.9 Å². The molecule has 1 aromatic heterocycles. The summed E-state index contributed by atoms with van der Waals surface area (Å²) in [6, 6.07) is 0. The topological polar surface area (TPSA) is 86.2 Å². The third-order valence-electron chi connectivity index (χ3n) is 1.17. The van der Waals surface area contributed by atoms with Crippen LogP contribution in [0.5, 0.6) is 0 Å². The number of halogens is 1. The largest absolute Gasteiger partial charge is 0.385 e. The van der Waals surface area contributed by atoms with Gasteiger partial charge in [0.05, 0.1) is 9.80 Å². The second-order valence-corrected chi connectivity index (χ2v) is 3.33. The third-order valence-corrected chi connectivity index (χ3v) is 2.60. The molecule has 5 nitrogen and oxygen atoms in total. The van der Waals surface area contributed by atoms with Crippen LogP contribution in [0.25, 0.3) is 0 Å². The van der Waals surface area contributed by atoms with Crippen molar-refractivity contribution >= 4 is 39.9 Å². The van der Waals surface area contributed by atoms with Crippen molar-refractivity contribution < 1.29 is 9.72 Å². The van der Waals surface area contributed by atoms with Crippen molar-refractivity contribution in [2.75, 3.05) is 5.73 Å². The quantitative estimate of drug-likeness (QED) is 0.453. The molecule has 64 valence electrons. The van der Waals surface area contributed by atoms with Gasteiger partial charge in [-0.25, -0.2) is 0 Å². The smallest absolute Gasteiger partial charge is 0.322 e. The van der Waals surface area contributed by atoms with Gasteiger partial charge < -0.3 is 5.73 Å². The molecule has 0 aliphatic rings. The van der Waals surface area contributed by atoms with E-state index in [4.69, 9.17) is 17.3 Å². The molecule has 0 fully saturated rings. The first-order chi connectivity index (χ1) is 5.57. The number of nitrogens with zero attached hydrogens (tertiary/aromatic N) is 1. The van der Waals surface area contributed by atoms with E-state index < -0.39 is 4.92 Å². The molecule has 0 aliphatic heterocycles. The van der Waals surface area contributed by atoms with Gasteiger partial charge in [0.15, 0.2) is 11.3 Å². The molecular weight excluding hydrogens is 204 g/mol. The van der Waals surface area contributed by atoms with Gasteiger partial charge in [-0.05, 0) is 0 Å². The van der Waals surface area contributed by atoms with E-state index in [1.807, 2.05) is 0 Å². The van der Waals surface area contributed by atoms with Gasteiger partial charge in [0, 0.05) is 0 Å². The SMILES string of the molecule is Nc1sc(C=O)c(Cl)c1[N+](=O)[O-]. The molecule has 0 radical (unpaired) electrons. The number of nitro groups is 1. The average Bonchev–Trinajstić information content (AvgIpc) is 2.25. The summed E-state index contributed by atoms with van der Waals surface area (Å²) in [7, 11) is 0. The summed E-state index contributed by atoms with van der Waals surface area (Å²) in [6.45, 7) is 0. The van der Waals surface area contributed by atoms with E-state index >= 15 is 0 Å².